The third-order valence-corrected chi connectivity index (χ3v) is 15.2. The van der Waals surface area contributed by atoms with E-state index in [1.807, 2.05) is 42.7 Å². The Kier molecular flexibility index (Phi) is 15.8. The molecule has 0 aliphatic heterocycles. The number of aryl methyl sites for hydroxylation is 3. The van der Waals surface area contributed by atoms with Gasteiger partial charge in [0.15, 0.2) is 0 Å². The van der Waals surface area contributed by atoms with Gasteiger partial charge in [-0.25, -0.2) is 0 Å². The molecule has 0 bridgehead atoms. The van der Waals surface area contributed by atoms with Gasteiger partial charge in [-0.3, -0.25) is 15.0 Å². The number of rotatable bonds is 8. The number of furan rings is 1. The summed E-state index contributed by atoms with van der Waals surface area (Å²) in [6.45, 7) is 18.2. The van der Waals surface area contributed by atoms with Crippen LogP contribution < -0.4 is 5.19 Å². The molecule has 355 valence electrons. The van der Waals surface area contributed by atoms with Crippen LogP contribution in [0.4, 0.5) is 0 Å². The summed E-state index contributed by atoms with van der Waals surface area (Å²) in [4.78, 5) is 13.9. The van der Waals surface area contributed by atoms with Crippen LogP contribution in [0.1, 0.15) is 48.9 Å². The van der Waals surface area contributed by atoms with Crippen LogP contribution in [0.25, 0.3) is 88.7 Å². The van der Waals surface area contributed by atoms with E-state index < -0.39 is 8.07 Å². The minimum absolute atomic E-state index is 0. The maximum absolute atomic E-state index is 6.61. The number of benzene rings is 7. The van der Waals surface area contributed by atoms with Gasteiger partial charge in [-0.1, -0.05) is 186 Å². The molecule has 0 fully saturated rings. The number of aromatic nitrogens is 3. The predicted octanol–water partition coefficient (Wildman–Crippen LogP) is 17.5. The molecule has 71 heavy (non-hydrogen) atoms. The van der Waals surface area contributed by atoms with Crippen LogP contribution in [0.15, 0.2) is 211 Å². The minimum atomic E-state index is -1.33. The van der Waals surface area contributed by atoms with E-state index in [9.17, 15) is 0 Å². The van der Waals surface area contributed by atoms with Gasteiger partial charge in [0.1, 0.15) is 11.2 Å². The van der Waals surface area contributed by atoms with Crippen molar-refractivity contribution in [3.63, 3.8) is 0 Å². The van der Waals surface area contributed by atoms with Crippen LogP contribution in [0.5, 0.6) is 0 Å². The van der Waals surface area contributed by atoms with Crippen LogP contribution in [0, 0.1) is 13.8 Å². The smallest absolute Gasteiger partial charge is 0.145 e. The molecule has 0 unspecified atom stereocenters. The van der Waals surface area contributed by atoms with E-state index in [1.54, 1.807) is 0 Å². The van der Waals surface area contributed by atoms with Crippen molar-refractivity contribution in [2.75, 3.05) is 0 Å². The van der Waals surface area contributed by atoms with Crippen molar-refractivity contribution in [3.8, 4) is 56.0 Å². The molecule has 0 aliphatic carbocycles. The molecule has 0 N–H and O–H groups in total. The van der Waals surface area contributed by atoms with Crippen molar-refractivity contribution in [2.45, 2.75) is 66.6 Å². The fourth-order valence-electron chi connectivity index (χ4n) is 9.32. The Morgan fingerprint density at radius 2 is 1.11 bits per heavy atom. The minimum Gasteiger partial charge on any atom is -0.455 e. The molecule has 7 aromatic carbocycles. The fraction of sp³-hybridized carbons (Fsp3) is 0.154. The van der Waals surface area contributed by atoms with Crippen LogP contribution in [0.2, 0.25) is 19.6 Å². The number of hydrogen-bond donors (Lipinski definition) is 0. The van der Waals surface area contributed by atoms with Gasteiger partial charge in [-0.05, 0) is 124 Å². The maximum atomic E-state index is 6.61. The van der Waals surface area contributed by atoms with E-state index >= 15 is 0 Å². The van der Waals surface area contributed by atoms with Gasteiger partial charge in [0.05, 0.1) is 25.2 Å². The van der Waals surface area contributed by atoms with E-state index in [4.69, 9.17) is 14.4 Å². The average Bonchev–Trinajstić information content (AvgIpc) is 3.79. The molecule has 4 aromatic heterocycles. The van der Waals surface area contributed by atoms with Crippen LogP contribution in [-0.4, -0.2) is 23.0 Å². The second-order valence-corrected chi connectivity index (χ2v) is 24.5. The zero-order chi connectivity index (χ0) is 48.8. The SMILES string of the molecule is CC(C)c1cc(-c2ccccc2)ncc1[Si](C)(C)C.CCc1ccnc(-c2ccccc2)c1.Cc1cc(-c2ccc(C)c3c2oc2cc(-c4cccc5ccccc45)ccc23)ncc1-c1ccccc1.[Ir]. The summed E-state index contributed by atoms with van der Waals surface area (Å²) in [6, 6.07) is 65.7. The molecule has 4 heterocycles. The quantitative estimate of drug-likeness (QED) is 0.142. The first-order valence-corrected chi connectivity index (χ1v) is 28.0. The van der Waals surface area contributed by atoms with E-state index in [1.165, 1.54) is 60.5 Å². The Labute approximate surface area is 434 Å². The Bertz CT molecular complexity index is 3560. The van der Waals surface area contributed by atoms with Crippen molar-refractivity contribution in [3.05, 3.63) is 229 Å². The van der Waals surface area contributed by atoms with Crippen LogP contribution in [-0.2, 0) is 26.5 Å². The van der Waals surface area contributed by atoms with Crippen molar-refractivity contribution < 1.29 is 24.5 Å². The van der Waals surface area contributed by atoms with Gasteiger partial charge in [0.2, 0.25) is 0 Å². The fourth-order valence-corrected chi connectivity index (χ4v) is 11.0. The largest absolute Gasteiger partial charge is 0.455 e. The molecule has 11 rings (SSSR count). The summed E-state index contributed by atoms with van der Waals surface area (Å²) in [5.41, 5.74) is 18.2. The van der Waals surface area contributed by atoms with Crippen molar-refractivity contribution in [2.24, 2.45) is 0 Å². The molecule has 0 aliphatic rings. The summed E-state index contributed by atoms with van der Waals surface area (Å²) >= 11 is 0. The van der Waals surface area contributed by atoms with Crippen LogP contribution in [0.3, 0.4) is 0 Å². The molecule has 0 amide bonds. The standard InChI is InChI=1S/C35H25NO.C17H23NSi.C13H13N.Ir/c1-22-15-17-29(32-19-23(2)31(21-36-32)25-9-4-3-5-10-25)35-34(22)30-18-16-26(20-33(30)37-35)28-14-8-12-24-11-6-7-13-27(24)28;1-13(2)15-11-16(14-9-7-6-8-10-14)18-12-17(15)19(3,4)5;1-2-11-8-9-14-13(10-11)12-6-4-3-5-7-12;/h3-21H,1-2H3;6-13H,1-5H3;3-10H,2H2,1H3;. The molecular formula is C65H61IrN3OSi. The molecule has 0 saturated heterocycles. The molecule has 4 nitrogen and oxygen atoms in total. The summed E-state index contributed by atoms with van der Waals surface area (Å²) in [5.74, 6) is 0.548. The average molecular weight is 1120 g/mol. The van der Waals surface area contributed by atoms with Gasteiger partial charge >= 0.3 is 0 Å². The third-order valence-electron chi connectivity index (χ3n) is 13.1. The second kappa shape index (κ2) is 22.3. The molecular weight excluding hydrogens is 1060 g/mol. The Morgan fingerprint density at radius 1 is 0.493 bits per heavy atom. The van der Waals surface area contributed by atoms with Crippen LogP contribution >= 0.6 is 0 Å². The van der Waals surface area contributed by atoms with Crippen molar-refractivity contribution in [1.82, 2.24) is 15.0 Å². The molecule has 0 atom stereocenters. The summed E-state index contributed by atoms with van der Waals surface area (Å²) in [7, 11) is -1.33. The number of hydrogen-bond acceptors (Lipinski definition) is 4. The zero-order valence-electron chi connectivity index (χ0n) is 42.0. The van der Waals surface area contributed by atoms with Gasteiger partial charge < -0.3 is 4.42 Å². The Balaban J connectivity index is 0.000000166. The first-order valence-electron chi connectivity index (χ1n) is 24.5. The second-order valence-electron chi connectivity index (χ2n) is 19.4. The van der Waals surface area contributed by atoms with Gasteiger partial charge in [0.25, 0.3) is 0 Å². The van der Waals surface area contributed by atoms with Crippen molar-refractivity contribution >= 4 is 46.0 Å². The van der Waals surface area contributed by atoms with Crippen molar-refractivity contribution in [1.29, 1.82) is 0 Å². The summed E-state index contributed by atoms with van der Waals surface area (Å²) in [5, 5.41) is 6.26. The molecule has 6 heteroatoms. The topological polar surface area (TPSA) is 51.8 Å². The maximum Gasteiger partial charge on any atom is 0.145 e. The van der Waals surface area contributed by atoms with E-state index in [2.05, 4.69) is 223 Å². The monoisotopic (exact) mass is 1120 g/mol. The molecule has 0 saturated carbocycles. The van der Waals surface area contributed by atoms with Gasteiger partial charge in [0, 0.05) is 71.7 Å². The Morgan fingerprint density at radius 3 is 1.76 bits per heavy atom. The zero-order valence-corrected chi connectivity index (χ0v) is 45.4. The van der Waals surface area contributed by atoms with Gasteiger partial charge in [-0.2, -0.15) is 0 Å². The molecule has 0 spiro atoms. The van der Waals surface area contributed by atoms with E-state index in [-0.39, 0.29) is 20.1 Å². The van der Waals surface area contributed by atoms with Gasteiger partial charge in [-0.15, -0.1) is 0 Å². The third kappa shape index (κ3) is 11.3. The normalized spacial score (nSPS) is 11.2. The predicted molar refractivity (Wildman–Crippen MR) is 301 cm³/mol. The molecule has 11 aromatic rings. The first-order chi connectivity index (χ1) is 34.0. The molecule has 1 radical (unpaired) electrons. The summed E-state index contributed by atoms with van der Waals surface area (Å²) < 4.78 is 6.61. The number of nitrogens with zero attached hydrogens (tertiary/aromatic N) is 3. The van der Waals surface area contributed by atoms with E-state index in [0.717, 1.165) is 62.1 Å². The van der Waals surface area contributed by atoms with E-state index in [0.29, 0.717) is 5.92 Å². The summed E-state index contributed by atoms with van der Waals surface area (Å²) in [6.07, 6.45) is 7.03. The number of fused-ring (bicyclic) bond motifs is 4. The Hall–Kier alpha value is -7.08. The number of pyridine rings is 3. The first kappa shape index (κ1) is 50.3.